The maximum absolute atomic E-state index is 10.5. The van der Waals surface area contributed by atoms with Crippen LogP contribution in [0.4, 0.5) is 0 Å². The van der Waals surface area contributed by atoms with E-state index in [2.05, 4.69) is 0 Å². The largest absolute Gasteiger partial charge is 0.481 e. The van der Waals surface area contributed by atoms with Crippen molar-refractivity contribution in [3.8, 4) is 0 Å². The summed E-state index contributed by atoms with van der Waals surface area (Å²) in [5, 5.41) is 16.1. The van der Waals surface area contributed by atoms with Crippen LogP contribution in [0.25, 0.3) is 0 Å². The third kappa shape index (κ3) is 3.45. The molecule has 2 N–H and O–H groups in total. The van der Waals surface area contributed by atoms with Crippen LogP contribution in [0.5, 0.6) is 0 Å². The zero-order chi connectivity index (χ0) is 9.72. The van der Waals surface area contributed by atoms with Gasteiger partial charge >= 0.3 is 17.7 Å². The highest BCUT2D eigenvalue weighted by Gasteiger charge is 2.21. The SMILES string of the molecule is O=C(O)CCC(=O)C(=O)C(=O)O. The summed E-state index contributed by atoms with van der Waals surface area (Å²) in [4.78, 5) is 40.6. The second-order valence-electron chi connectivity index (χ2n) is 1.95. The van der Waals surface area contributed by atoms with Gasteiger partial charge in [0.05, 0.1) is 6.42 Å². The number of aliphatic carboxylic acids is 2. The lowest BCUT2D eigenvalue weighted by atomic mass is 10.1. The van der Waals surface area contributed by atoms with Gasteiger partial charge in [0.25, 0.3) is 0 Å². The lowest BCUT2D eigenvalue weighted by molar-refractivity contribution is -0.153. The highest BCUT2D eigenvalue weighted by atomic mass is 16.4. The van der Waals surface area contributed by atoms with Crippen LogP contribution < -0.4 is 0 Å². The first-order valence-electron chi connectivity index (χ1n) is 2.97. The smallest absolute Gasteiger partial charge is 0.380 e. The van der Waals surface area contributed by atoms with Crippen LogP contribution in [0, 0.1) is 0 Å². The summed E-state index contributed by atoms with van der Waals surface area (Å²) in [6, 6.07) is 0. The quantitative estimate of drug-likeness (QED) is 0.411. The molecular formula is C6H6O6. The number of hydrogen-bond acceptors (Lipinski definition) is 4. The molecule has 0 fully saturated rings. The van der Waals surface area contributed by atoms with Gasteiger partial charge in [0, 0.05) is 6.42 Å². The zero-order valence-corrected chi connectivity index (χ0v) is 5.94. The molecule has 66 valence electrons. The van der Waals surface area contributed by atoms with Crippen molar-refractivity contribution < 1.29 is 29.4 Å². The van der Waals surface area contributed by atoms with Crippen LogP contribution >= 0.6 is 0 Å². The number of hydrogen-bond donors (Lipinski definition) is 2. The third-order valence-electron chi connectivity index (χ3n) is 1.01. The van der Waals surface area contributed by atoms with Crippen LogP contribution in [0.15, 0.2) is 0 Å². The maximum atomic E-state index is 10.5. The van der Waals surface area contributed by atoms with E-state index in [-0.39, 0.29) is 0 Å². The number of carboxylic acid groups (broad SMARTS) is 2. The Hall–Kier alpha value is -1.72. The predicted molar refractivity (Wildman–Crippen MR) is 34.5 cm³/mol. The lowest BCUT2D eigenvalue weighted by Crippen LogP contribution is -2.23. The van der Waals surface area contributed by atoms with Crippen LogP contribution in [0.3, 0.4) is 0 Å². The van der Waals surface area contributed by atoms with E-state index < -0.39 is 36.3 Å². The third-order valence-corrected chi connectivity index (χ3v) is 1.01. The average molecular weight is 174 g/mol. The molecule has 0 aliphatic rings. The van der Waals surface area contributed by atoms with Crippen molar-refractivity contribution in [3.05, 3.63) is 0 Å². The molecule has 6 heteroatoms. The van der Waals surface area contributed by atoms with Gasteiger partial charge in [-0.1, -0.05) is 0 Å². The summed E-state index contributed by atoms with van der Waals surface area (Å²) >= 11 is 0. The maximum Gasteiger partial charge on any atom is 0.380 e. The van der Waals surface area contributed by atoms with Crippen LogP contribution in [-0.4, -0.2) is 33.7 Å². The summed E-state index contributed by atoms with van der Waals surface area (Å²) < 4.78 is 0. The molecule has 0 aliphatic carbocycles. The van der Waals surface area contributed by atoms with Crippen molar-refractivity contribution in [2.75, 3.05) is 0 Å². The molecule has 12 heavy (non-hydrogen) atoms. The molecule has 0 unspecified atom stereocenters. The molecule has 0 spiro atoms. The van der Waals surface area contributed by atoms with Crippen molar-refractivity contribution in [2.45, 2.75) is 12.8 Å². The van der Waals surface area contributed by atoms with E-state index in [0.29, 0.717) is 0 Å². The van der Waals surface area contributed by atoms with Crippen molar-refractivity contribution in [1.82, 2.24) is 0 Å². The molecule has 0 saturated carbocycles. The first kappa shape index (κ1) is 10.3. The Morgan fingerprint density at radius 3 is 1.75 bits per heavy atom. The molecule has 6 nitrogen and oxygen atoms in total. The lowest BCUT2D eigenvalue weighted by Gasteiger charge is -1.91. The highest BCUT2D eigenvalue weighted by Crippen LogP contribution is 1.92. The molecule has 0 heterocycles. The zero-order valence-electron chi connectivity index (χ0n) is 5.94. The molecule has 0 radical (unpaired) electrons. The first-order valence-corrected chi connectivity index (χ1v) is 2.97. The van der Waals surface area contributed by atoms with Crippen LogP contribution in [-0.2, 0) is 19.2 Å². The molecule has 0 saturated heterocycles. The van der Waals surface area contributed by atoms with Gasteiger partial charge in [0.15, 0.2) is 0 Å². The second kappa shape index (κ2) is 4.22. The molecule has 0 aliphatic heterocycles. The number of carbonyl (C=O) groups excluding carboxylic acids is 2. The Morgan fingerprint density at radius 2 is 1.42 bits per heavy atom. The van der Waals surface area contributed by atoms with Crippen LogP contribution in [0.2, 0.25) is 0 Å². The van der Waals surface area contributed by atoms with Gasteiger partial charge in [-0.15, -0.1) is 0 Å². The standard InChI is InChI=1S/C6H6O6/c7-3(1-2-4(8)9)5(10)6(11)12/h1-2H2,(H,8,9)(H,11,12). The van der Waals surface area contributed by atoms with Gasteiger partial charge in [0.2, 0.25) is 5.78 Å². The minimum Gasteiger partial charge on any atom is -0.481 e. The minimum absolute atomic E-state index is 0.530. The molecule has 0 aromatic heterocycles. The molecule has 0 aromatic carbocycles. The summed E-state index contributed by atoms with van der Waals surface area (Å²) in [6.07, 6.45) is -1.10. The molecule has 0 bridgehead atoms. The first-order chi connectivity index (χ1) is 5.45. The number of carboxylic acids is 2. The predicted octanol–water partition coefficient (Wildman–Crippen LogP) is -0.926. The second-order valence-corrected chi connectivity index (χ2v) is 1.95. The molecule has 0 amide bonds. The van der Waals surface area contributed by atoms with E-state index >= 15 is 0 Å². The van der Waals surface area contributed by atoms with E-state index in [1.165, 1.54) is 0 Å². The van der Waals surface area contributed by atoms with Gasteiger partial charge in [0.1, 0.15) is 0 Å². The fourth-order valence-electron chi connectivity index (χ4n) is 0.453. The van der Waals surface area contributed by atoms with E-state index in [1.807, 2.05) is 0 Å². The average Bonchev–Trinajstić information content (AvgIpc) is 1.98. The van der Waals surface area contributed by atoms with Crippen molar-refractivity contribution in [2.24, 2.45) is 0 Å². The number of rotatable bonds is 5. The number of carbonyl (C=O) groups is 4. The molecular weight excluding hydrogens is 168 g/mol. The highest BCUT2D eigenvalue weighted by molar-refractivity contribution is 6.61. The Labute approximate surface area is 66.8 Å². The summed E-state index contributed by atoms with van der Waals surface area (Å²) in [6.45, 7) is 0. The number of Topliss-reactive ketones (excluding diaryl/α,β-unsaturated/α-hetero) is 2. The Bertz CT molecular complexity index is 240. The summed E-state index contributed by atoms with van der Waals surface area (Å²) in [7, 11) is 0. The van der Waals surface area contributed by atoms with E-state index in [9.17, 15) is 19.2 Å². The van der Waals surface area contributed by atoms with Gasteiger partial charge in [-0.05, 0) is 0 Å². The van der Waals surface area contributed by atoms with E-state index in [4.69, 9.17) is 10.2 Å². The van der Waals surface area contributed by atoms with E-state index in [1.54, 1.807) is 0 Å². The molecule has 0 atom stereocenters. The van der Waals surface area contributed by atoms with E-state index in [0.717, 1.165) is 0 Å². The normalized spacial score (nSPS) is 9.00. The Balaban J connectivity index is 3.97. The van der Waals surface area contributed by atoms with Crippen molar-refractivity contribution >= 4 is 23.5 Å². The van der Waals surface area contributed by atoms with Gasteiger partial charge < -0.3 is 10.2 Å². The fraction of sp³-hybridized carbons (Fsp3) is 0.333. The van der Waals surface area contributed by atoms with Gasteiger partial charge in [-0.25, -0.2) is 4.79 Å². The van der Waals surface area contributed by atoms with Gasteiger partial charge in [-0.3, -0.25) is 14.4 Å². The van der Waals surface area contributed by atoms with Crippen LogP contribution in [0.1, 0.15) is 12.8 Å². The van der Waals surface area contributed by atoms with Crippen molar-refractivity contribution in [1.29, 1.82) is 0 Å². The fourth-order valence-corrected chi connectivity index (χ4v) is 0.453. The summed E-state index contributed by atoms with van der Waals surface area (Å²) in [5.74, 6) is -5.87. The van der Waals surface area contributed by atoms with Gasteiger partial charge in [-0.2, -0.15) is 0 Å². The van der Waals surface area contributed by atoms with Crippen molar-refractivity contribution in [3.63, 3.8) is 0 Å². The molecule has 0 aromatic rings. The summed E-state index contributed by atoms with van der Waals surface area (Å²) in [5.41, 5.74) is 0. The number of ketones is 2. The monoisotopic (exact) mass is 174 g/mol. The minimum atomic E-state index is -1.86. The Morgan fingerprint density at radius 1 is 0.917 bits per heavy atom. The molecule has 0 rings (SSSR count). The topological polar surface area (TPSA) is 109 Å². The Kier molecular flexibility index (Phi) is 3.61.